The molecule has 27 heavy (non-hydrogen) atoms. The van der Waals surface area contributed by atoms with Gasteiger partial charge in [0, 0.05) is 10.8 Å². The molecule has 0 radical (unpaired) electrons. The van der Waals surface area contributed by atoms with Crippen LogP contribution in [0.3, 0.4) is 0 Å². The monoisotopic (exact) mass is 361 g/mol. The van der Waals surface area contributed by atoms with Crippen LogP contribution in [0.1, 0.15) is 19.5 Å². The van der Waals surface area contributed by atoms with Crippen LogP contribution in [0.4, 0.5) is 5.69 Å². The third-order valence-electron chi connectivity index (χ3n) is 6.72. The second-order valence-electron chi connectivity index (χ2n) is 8.06. The quantitative estimate of drug-likeness (QED) is 0.565. The normalized spacial score (nSPS) is 41.0. The lowest BCUT2D eigenvalue weighted by molar-refractivity contribution is -0.139. The molecule has 7 nitrogen and oxygen atoms in total. The molecule has 4 aliphatic rings. The number of hydrogen-bond donors (Lipinski definition) is 0. The molecule has 134 valence electrons. The highest BCUT2D eigenvalue weighted by Gasteiger charge is 2.85. The first-order chi connectivity index (χ1) is 12.9. The Hall–Kier alpha value is -2.82. The minimum atomic E-state index is -0.776. The van der Waals surface area contributed by atoms with Gasteiger partial charge in [0.05, 0.1) is 23.7 Å². The lowest BCUT2D eigenvalue weighted by Crippen LogP contribution is -2.45. The predicted molar refractivity (Wildman–Crippen MR) is 92.5 cm³/mol. The van der Waals surface area contributed by atoms with E-state index in [-0.39, 0.29) is 29.7 Å². The van der Waals surface area contributed by atoms with Crippen molar-refractivity contribution in [2.75, 3.05) is 4.90 Å². The highest BCUT2D eigenvalue weighted by Crippen LogP contribution is 2.68. The highest BCUT2D eigenvalue weighted by atomic mass is 16.7. The van der Waals surface area contributed by atoms with E-state index in [9.17, 15) is 14.9 Å². The van der Waals surface area contributed by atoms with Crippen LogP contribution in [0.25, 0.3) is 10.8 Å². The van der Waals surface area contributed by atoms with Crippen molar-refractivity contribution in [1.29, 1.82) is 5.26 Å². The lowest BCUT2D eigenvalue weighted by Gasteiger charge is -2.28. The molecule has 2 aromatic rings. The molecule has 4 saturated heterocycles. The molecule has 4 aliphatic heterocycles. The van der Waals surface area contributed by atoms with Gasteiger partial charge in [-0.25, -0.2) is 9.88 Å². The number of epoxide rings is 1. The minimum Gasteiger partial charge on any atom is -0.363 e. The van der Waals surface area contributed by atoms with E-state index in [4.69, 9.17) is 9.47 Å². The molecule has 2 amide bonds. The summed E-state index contributed by atoms with van der Waals surface area (Å²) in [6, 6.07) is 9.26. The Kier molecular flexibility index (Phi) is 2.46. The first-order valence-corrected chi connectivity index (χ1v) is 8.93. The number of anilines is 1. The van der Waals surface area contributed by atoms with Crippen molar-refractivity contribution < 1.29 is 19.1 Å². The molecule has 5 heterocycles. The molecule has 6 unspecified atom stereocenters. The van der Waals surface area contributed by atoms with Crippen LogP contribution in [-0.2, 0) is 19.1 Å². The summed E-state index contributed by atoms with van der Waals surface area (Å²) in [5.74, 6) is -1.68. The standard InChI is InChI=1S/C20H15N3O4/c1-19-13-14(20(2,27-19)16-15(19)26-16)18(25)23(17(13)24)12-8-22-11(7-21)9-5-3-4-6-10(9)12/h3-6,8,13-16H,1-2H3. The van der Waals surface area contributed by atoms with Gasteiger partial charge < -0.3 is 9.47 Å². The van der Waals surface area contributed by atoms with Gasteiger partial charge >= 0.3 is 0 Å². The fourth-order valence-corrected chi connectivity index (χ4v) is 5.56. The molecule has 6 atom stereocenters. The summed E-state index contributed by atoms with van der Waals surface area (Å²) in [4.78, 5) is 32.2. The number of carbonyl (C=O) groups is 2. The Labute approximate surface area is 154 Å². The molecule has 4 fully saturated rings. The highest BCUT2D eigenvalue weighted by molar-refractivity contribution is 6.26. The van der Waals surface area contributed by atoms with E-state index in [1.807, 2.05) is 19.9 Å². The predicted octanol–water partition coefficient (Wildman–Crippen LogP) is 1.54. The van der Waals surface area contributed by atoms with Gasteiger partial charge in [-0.2, -0.15) is 5.26 Å². The maximum atomic E-state index is 13.4. The first kappa shape index (κ1) is 15.3. The number of hydrogen-bond acceptors (Lipinski definition) is 6. The van der Waals surface area contributed by atoms with Gasteiger partial charge in [-0.1, -0.05) is 24.3 Å². The summed E-state index contributed by atoms with van der Waals surface area (Å²) in [5, 5.41) is 10.6. The summed E-state index contributed by atoms with van der Waals surface area (Å²) in [7, 11) is 0. The molecule has 7 heteroatoms. The van der Waals surface area contributed by atoms with Gasteiger partial charge in [-0.15, -0.1) is 0 Å². The van der Waals surface area contributed by atoms with E-state index in [2.05, 4.69) is 11.1 Å². The zero-order valence-electron chi connectivity index (χ0n) is 14.7. The number of aromatic nitrogens is 1. The van der Waals surface area contributed by atoms with Gasteiger partial charge in [-0.05, 0) is 13.8 Å². The van der Waals surface area contributed by atoms with E-state index in [1.54, 1.807) is 18.2 Å². The smallest absolute Gasteiger partial charge is 0.240 e. The minimum absolute atomic E-state index is 0.128. The number of fused-ring (bicyclic) bond motifs is 9. The fraction of sp³-hybridized carbons (Fsp3) is 0.400. The third kappa shape index (κ3) is 1.50. The average molecular weight is 361 g/mol. The number of rotatable bonds is 1. The number of imide groups is 1. The van der Waals surface area contributed by atoms with Crippen LogP contribution in [-0.4, -0.2) is 40.2 Å². The van der Waals surface area contributed by atoms with Gasteiger partial charge in [0.25, 0.3) is 0 Å². The van der Waals surface area contributed by atoms with Gasteiger partial charge in [-0.3, -0.25) is 9.59 Å². The molecule has 0 aliphatic carbocycles. The average Bonchev–Trinajstić information content (AvgIpc) is 3.33. The summed E-state index contributed by atoms with van der Waals surface area (Å²) >= 11 is 0. The largest absolute Gasteiger partial charge is 0.363 e. The molecule has 0 N–H and O–H groups in total. The second-order valence-corrected chi connectivity index (χ2v) is 8.06. The van der Waals surface area contributed by atoms with Crippen molar-refractivity contribution in [2.24, 2.45) is 11.8 Å². The molecular formula is C20H15N3O4. The number of nitriles is 1. The zero-order valence-corrected chi connectivity index (χ0v) is 14.7. The summed E-state index contributed by atoms with van der Waals surface area (Å²) in [6.07, 6.45) is 1.19. The molecule has 0 spiro atoms. The number of nitrogens with zero attached hydrogens (tertiary/aromatic N) is 3. The van der Waals surface area contributed by atoms with E-state index in [0.717, 1.165) is 0 Å². The lowest BCUT2D eigenvalue weighted by atomic mass is 9.69. The van der Waals surface area contributed by atoms with Crippen LogP contribution in [0.15, 0.2) is 30.5 Å². The van der Waals surface area contributed by atoms with Crippen molar-refractivity contribution >= 4 is 28.3 Å². The van der Waals surface area contributed by atoms with Gasteiger partial charge in [0.1, 0.15) is 35.2 Å². The maximum absolute atomic E-state index is 13.4. The summed E-state index contributed by atoms with van der Waals surface area (Å²) < 4.78 is 11.9. The molecule has 6 rings (SSSR count). The van der Waals surface area contributed by atoms with Crippen molar-refractivity contribution in [3.63, 3.8) is 0 Å². The molecular weight excluding hydrogens is 346 g/mol. The second kappa shape index (κ2) is 4.35. The zero-order chi connectivity index (χ0) is 18.7. The van der Waals surface area contributed by atoms with E-state index in [1.165, 1.54) is 11.1 Å². The Bertz CT molecular complexity index is 1090. The number of carbonyl (C=O) groups excluding carboxylic acids is 2. The first-order valence-electron chi connectivity index (χ1n) is 8.93. The van der Waals surface area contributed by atoms with E-state index in [0.29, 0.717) is 16.5 Å². The van der Waals surface area contributed by atoms with Crippen LogP contribution in [0, 0.1) is 23.2 Å². The van der Waals surface area contributed by atoms with Crippen LogP contribution in [0.2, 0.25) is 0 Å². The third-order valence-corrected chi connectivity index (χ3v) is 6.72. The van der Waals surface area contributed by atoms with Crippen LogP contribution < -0.4 is 4.90 Å². The number of benzene rings is 1. The van der Waals surface area contributed by atoms with E-state index >= 15 is 0 Å². The number of pyridine rings is 1. The topological polar surface area (TPSA) is 95.8 Å². The van der Waals surface area contributed by atoms with E-state index < -0.39 is 23.0 Å². The molecule has 1 aromatic carbocycles. The number of amides is 2. The van der Waals surface area contributed by atoms with Gasteiger partial charge in [0.15, 0.2) is 0 Å². The van der Waals surface area contributed by atoms with Gasteiger partial charge in [0.2, 0.25) is 11.8 Å². The Morgan fingerprint density at radius 3 is 2.26 bits per heavy atom. The molecule has 2 bridgehead atoms. The van der Waals surface area contributed by atoms with Crippen LogP contribution in [0.5, 0.6) is 0 Å². The Balaban J connectivity index is 1.54. The fourth-order valence-electron chi connectivity index (χ4n) is 5.56. The van der Waals surface area contributed by atoms with Crippen molar-refractivity contribution in [3.05, 3.63) is 36.2 Å². The van der Waals surface area contributed by atoms with Crippen molar-refractivity contribution in [1.82, 2.24) is 4.98 Å². The SMILES string of the molecule is CC12OC(C)(C3OC31)C1C(=O)N(c3cnc(C#N)c4ccccc34)C(=O)C12. The van der Waals surface area contributed by atoms with Crippen molar-refractivity contribution in [2.45, 2.75) is 37.3 Å². The van der Waals surface area contributed by atoms with Crippen LogP contribution >= 0.6 is 0 Å². The molecule has 0 saturated carbocycles. The Morgan fingerprint density at radius 2 is 1.67 bits per heavy atom. The Morgan fingerprint density at radius 1 is 1.07 bits per heavy atom. The van der Waals surface area contributed by atoms with Crippen molar-refractivity contribution in [3.8, 4) is 6.07 Å². The summed E-state index contributed by atoms with van der Waals surface area (Å²) in [5.41, 5.74) is -0.858. The molecule has 1 aromatic heterocycles. The number of ether oxygens (including phenoxy) is 2. The maximum Gasteiger partial charge on any atom is 0.240 e. The summed E-state index contributed by atoms with van der Waals surface area (Å²) in [6.45, 7) is 3.74.